The van der Waals surface area contributed by atoms with Gasteiger partial charge in [0.05, 0.1) is 13.7 Å². The van der Waals surface area contributed by atoms with E-state index in [-0.39, 0.29) is 5.91 Å². The van der Waals surface area contributed by atoms with E-state index < -0.39 is 0 Å². The van der Waals surface area contributed by atoms with Crippen LogP contribution >= 0.6 is 0 Å². The first-order valence-corrected chi connectivity index (χ1v) is 8.50. The molecule has 1 aromatic rings. The molecule has 2 fully saturated rings. The van der Waals surface area contributed by atoms with E-state index in [2.05, 4.69) is 22.6 Å². The smallest absolute Gasteiger partial charge is 0.234 e. The van der Waals surface area contributed by atoms with Crippen molar-refractivity contribution in [3.8, 4) is 5.75 Å². The van der Waals surface area contributed by atoms with Crippen molar-refractivity contribution in [1.29, 1.82) is 0 Å². The Morgan fingerprint density at radius 2 is 2.09 bits per heavy atom. The van der Waals surface area contributed by atoms with Gasteiger partial charge in [0, 0.05) is 24.7 Å². The summed E-state index contributed by atoms with van der Waals surface area (Å²) < 4.78 is 5.20. The summed E-state index contributed by atoms with van der Waals surface area (Å²) in [5.74, 6) is 0.903. The van der Waals surface area contributed by atoms with Crippen LogP contribution in [-0.2, 0) is 11.3 Å². The van der Waals surface area contributed by atoms with Gasteiger partial charge >= 0.3 is 0 Å². The summed E-state index contributed by atoms with van der Waals surface area (Å²) in [6, 6.07) is 9.63. The molecule has 2 saturated heterocycles. The number of nitrogens with zero attached hydrogens (tertiary/aromatic N) is 1. The van der Waals surface area contributed by atoms with Crippen LogP contribution in [0.2, 0.25) is 0 Å². The normalized spacial score (nSPS) is 26.3. The number of methoxy groups -OCH3 is 1. The maximum atomic E-state index is 12.2. The van der Waals surface area contributed by atoms with Crippen LogP contribution in [-0.4, -0.2) is 49.6 Å². The maximum absolute atomic E-state index is 12.2. The number of ether oxygens (including phenoxy) is 1. The molecule has 23 heavy (non-hydrogen) atoms. The van der Waals surface area contributed by atoms with Gasteiger partial charge in [-0.05, 0) is 50.4 Å². The predicted molar refractivity (Wildman–Crippen MR) is 90.4 cm³/mol. The fourth-order valence-corrected chi connectivity index (χ4v) is 3.78. The number of likely N-dealkylation sites (N-methyl/N-ethyl adjacent to an activating group) is 1. The monoisotopic (exact) mass is 317 g/mol. The van der Waals surface area contributed by atoms with E-state index in [0.717, 1.165) is 24.2 Å². The zero-order chi connectivity index (χ0) is 16.2. The minimum Gasteiger partial charge on any atom is -0.497 e. The van der Waals surface area contributed by atoms with Gasteiger partial charge in [0.25, 0.3) is 0 Å². The largest absolute Gasteiger partial charge is 0.497 e. The molecule has 2 bridgehead atoms. The van der Waals surface area contributed by atoms with Gasteiger partial charge in [-0.15, -0.1) is 0 Å². The topological polar surface area (TPSA) is 53.6 Å². The molecule has 0 aliphatic carbocycles. The van der Waals surface area contributed by atoms with Crippen molar-refractivity contribution in [2.24, 2.45) is 0 Å². The van der Waals surface area contributed by atoms with Crippen molar-refractivity contribution < 1.29 is 9.53 Å². The van der Waals surface area contributed by atoms with E-state index in [1.165, 1.54) is 12.8 Å². The van der Waals surface area contributed by atoms with Gasteiger partial charge in [-0.25, -0.2) is 0 Å². The third-order valence-corrected chi connectivity index (χ3v) is 5.09. The average Bonchev–Trinajstić information content (AvgIpc) is 2.91. The summed E-state index contributed by atoms with van der Waals surface area (Å²) in [7, 11) is 3.72. The lowest BCUT2D eigenvalue weighted by Crippen LogP contribution is -2.49. The number of hydrogen-bond donors (Lipinski definition) is 2. The maximum Gasteiger partial charge on any atom is 0.234 e. The first kappa shape index (κ1) is 16.3. The first-order valence-electron chi connectivity index (χ1n) is 8.50. The van der Waals surface area contributed by atoms with E-state index in [0.29, 0.717) is 31.2 Å². The number of carbonyl (C=O) groups is 1. The molecule has 2 N–H and O–H groups in total. The Balaban J connectivity index is 1.45. The summed E-state index contributed by atoms with van der Waals surface area (Å²) in [5.41, 5.74) is 1.06. The van der Waals surface area contributed by atoms with E-state index in [9.17, 15) is 4.79 Å². The number of rotatable bonds is 6. The van der Waals surface area contributed by atoms with E-state index >= 15 is 0 Å². The summed E-state index contributed by atoms with van der Waals surface area (Å²) in [4.78, 5) is 14.4. The van der Waals surface area contributed by atoms with Crippen LogP contribution in [0.1, 0.15) is 31.2 Å². The van der Waals surface area contributed by atoms with Gasteiger partial charge in [-0.2, -0.15) is 0 Å². The van der Waals surface area contributed by atoms with Gasteiger partial charge in [-0.1, -0.05) is 12.1 Å². The molecule has 126 valence electrons. The second-order valence-electron chi connectivity index (χ2n) is 6.81. The zero-order valence-electron chi connectivity index (χ0n) is 14.0. The highest BCUT2D eigenvalue weighted by Gasteiger charge is 2.35. The third-order valence-electron chi connectivity index (χ3n) is 5.09. The Morgan fingerprint density at radius 1 is 1.35 bits per heavy atom. The summed E-state index contributed by atoms with van der Waals surface area (Å²) in [5, 5.41) is 6.65. The number of nitrogens with one attached hydrogen (secondary N) is 2. The summed E-state index contributed by atoms with van der Waals surface area (Å²) >= 11 is 0. The van der Waals surface area contributed by atoms with Crippen LogP contribution in [0.4, 0.5) is 0 Å². The third kappa shape index (κ3) is 4.24. The fraction of sp³-hybridized carbons (Fsp3) is 0.611. The van der Waals surface area contributed by atoms with Crippen LogP contribution in [0.25, 0.3) is 0 Å². The van der Waals surface area contributed by atoms with Crippen molar-refractivity contribution in [2.75, 3.05) is 20.7 Å². The molecule has 2 aliphatic heterocycles. The van der Waals surface area contributed by atoms with Crippen molar-refractivity contribution in [1.82, 2.24) is 15.5 Å². The van der Waals surface area contributed by atoms with Crippen LogP contribution in [0.5, 0.6) is 5.75 Å². The van der Waals surface area contributed by atoms with Crippen molar-refractivity contribution in [2.45, 2.75) is 50.4 Å². The number of fused-ring (bicyclic) bond motifs is 2. The average molecular weight is 317 g/mol. The minimum atomic E-state index is 0.0844. The summed E-state index contributed by atoms with van der Waals surface area (Å²) in [6.07, 6.45) is 4.90. The Morgan fingerprint density at radius 3 is 2.78 bits per heavy atom. The number of hydrogen-bond acceptors (Lipinski definition) is 4. The molecule has 0 spiro atoms. The predicted octanol–water partition coefficient (Wildman–Crippen LogP) is 1.53. The molecule has 0 saturated carbocycles. The number of piperidine rings is 1. The molecule has 2 heterocycles. The Hall–Kier alpha value is -1.59. The lowest BCUT2D eigenvalue weighted by Gasteiger charge is -2.35. The molecule has 1 aromatic carbocycles. The van der Waals surface area contributed by atoms with Gasteiger partial charge < -0.3 is 15.4 Å². The second-order valence-corrected chi connectivity index (χ2v) is 6.81. The molecular formula is C18H27N3O2. The molecule has 2 atom stereocenters. The lowest BCUT2D eigenvalue weighted by atomic mass is 9.98. The van der Waals surface area contributed by atoms with Crippen LogP contribution in [0.3, 0.4) is 0 Å². The van der Waals surface area contributed by atoms with E-state index in [4.69, 9.17) is 4.74 Å². The SMILES string of the molecule is COc1cccc(CNC(=O)CN(C)C2CC3CCC(C2)N3)c1. The van der Waals surface area contributed by atoms with E-state index in [1.54, 1.807) is 7.11 Å². The highest BCUT2D eigenvalue weighted by molar-refractivity contribution is 5.78. The Labute approximate surface area is 138 Å². The molecule has 3 rings (SSSR count). The minimum absolute atomic E-state index is 0.0844. The highest BCUT2D eigenvalue weighted by atomic mass is 16.5. The second kappa shape index (κ2) is 7.32. The number of benzene rings is 1. The standard InChI is InChI=1S/C18H27N3O2/c1-21(16-9-14-6-7-15(10-16)20-14)12-18(22)19-11-13-4-3-5-17(8-13)23-2/h3-5,8,14-16,20H,6-7,9-12H2,1-2H3,(H,19,22). The molecule has 2 unspecified atom stereocenters. The first-order chi connectivity index (χ1) is 11.1. The van der Waals surface area contributed by atoms with Crippen LogP contribution < -0.4 is 15.4 Å². The van der Waals surface area contributed by atoms with Crippen molar-refractivity contribution in [3.05, 3.63) is 29.8 Å². The molecule has 5 heteroatoms. The van der Waals surface area contributed by atoms with Gasteiger partial charge in [-0.3, -0.25) is 9.69 Å². The quantitative estimate of drug-likeness (QED) is 0.835. The van der Waals surface area contributed by atoms with Crippen molar-refractivity contribution >= 4 is 5.91 Å². The molecular weight excluding hydrogens is 290 g/mol. The summed E-state index contributed by atoms with van der Waals surface area (Å²) in [6.45, 7) is 1.01. The molecule has 1 amide bonds. The number of carbonyl (C=O) groups excluding carboxylic acids is 1. The fourth-order valence-electron chi connectivity index (χ4n) is 3.78. The molecule has 0 radical (unpaired) electrons. The zero-order valence-corrected chi connectivity index (χ0v) is 14.0. The van der Waals surface area contributed by atoms with Gasteiger partial charge in [0.1, 0.15) is 5.75 Å². The van der Waals surface area contributed by atoms with E-state index in [1.807, 2.05) is 24.3 Å². The highest BCUT2D eigenvalue weighted by Crippen LogP contribution is 2.29. The molecule has 0 aromatic heterocycles. The Bertz CT molecular complexity index is 537. The van der Waals surface area contributed by atoms with Crippen LogP contribution in [0.15, 0.2) is 24.3 Å². The van der Waals surface area contributed by atoms with Gasteiger partial charge in [0.15, 0.2) is 0 Å². The molecule has 2 aliphatic rings. The van der Waals surface area contributed by atoms with Crippen LogP contribution in [0, 0.1) is 0 Å². The molecule has 5 nitrogen and oxygen atoms in total. The van der Waals surface area contributed by atoms with Crippen molar-refractivity contribution in [3.63, 3.8) is 0 Å². The number of amides is 1. The lowest BCUT2D eigenvalue weighted by molar-refractivity contribution is -0.122. The Kier molecular flexibility index (Phi) is 5.18. The van der Waals surface area contributed by atoms with Gasteiger partial charge in [0.2, 0.25) is 5.91 Å².